The molecule has 86 valence electrons. The second-order valence-electron chi connectivity index (χ2n) is 1.20. The lowest BCUT2D eigenvalue weighted by molar-refractivity contribution is -0.855. The third-order valence-electron chi connectivity index (χ3n) is 0.462. The second kappa shape index (κ2) is 12.5. The van der Waals surface area contributed by atoms with E-state index in [9.17, 15) is 0 Å². The van der Waals surface area contributed by atoms with E-state index in [1.165, 1.54) is 0 Å². The molecule has 0 saturated heterocycles. The van der Waals surface area contributed by atoms with E-state index in [-0.39, 0.29) is 0 Å². The molecule has 0 atom stereocenters. The first-order valence-corrected chi connectivity index (χ1v) is 2.95. The zero-order valence-corrected chi connectivity index (χ0v) is 6.74. The summed E-state index contributed by atoms with van der Waals surface area (Å²) >= 11 is 0. The fourth-order valence-corrected chi connectivity index (χ4v) is 0.177. The van der Waals surface area contributed by atoms with E-state index < -0.39 is 0 Å². The quantitative estimate of drug-likeness (QED) is 0.262. The Kier molecular flexibility index (Phi) is 12.1. The van der Waals surface area contributed by atoms with E-state index >= 15 is 0 Å². The van der Waals surface area contributed by atoms with Gasteiger partial charge in [0.25, 0.3) is 0 Å². The maximum atomic E-state index is 7.47. The average molecular weight is 221 g/mol. The molecule has 0 aliphatic rings. The Bertz CT molecular complexity index is 87.3. The summed E-state index contributed by atoms with van der Waals surface area (Å²) in [7, 11) is 0. The highest BCUT2D eigenvalue weighted by Crippen LogP contribution is 1.88. The predicted octanol–water partition coefficient (Wildman–Crippen LogP) is -0.615. The van der Waals surface area contributed by atoms with Crippen LogP contribution in [0.3, 0.4) is 0 Å². The minimum Gasteiger partial charge on any atom is -0.219 e. The summed E-state index contributed by atoms with van der Waals surface area (Å²) in [6.07, 6.45) is 0. The molecule has 0 rings (SSSR count). The smallest absolute Gasteiger partial charge is 0.0212 e. The minimum absolute atomic E-state index is 0.468. The SMILES string of the molecule is CCNOOOOOOOOOOO. The number of hydrogen-bond donors (Lipinski definition) is 2. The molecule has 0 aliphatic heterocycles. The van der Waals surface area contributed by atoms with Gasteiger partial charge in [0.2, 0.25) is 0 Å². The predicted molar refractivity (Wildman–Crippen MR) is 27.2 cm³/mol. The molecule has 2 N–H and O–H groups in total. The van der Waals surface area contributed by atoms with Gasteiger partial charge < -0.3 is 0 Å². The Morgan fingerprint density at radius 1 is 0.857 bits per heavy atom. The van der Waals surface area contributed by atoms with Gasteiger partial charge in [0.15, 0.2) is 0 Å². The normalized spacial score (nSPS) is 10.7. The molecule has 0 aromatic heterocycles. The van der Waals surface area contributed by atoms with Crippen LogP contribution in [0, 0.1) is 0 Å². The zero-order chi connectivity index (χ0) is 10.5. The van der Waals surface area contributed by atoms with Gasteiger partial charge in [-0.3, -0.25) is 0 Å². The van der Waals surface area contributed by atoms with Crippen molar-refractivity contribution in [2.24, 2.45) is 0 Å². The summed E-state index contributed by atoms with van der Waals surface area (Å²) < 4.78 is 0. The van der Waals surface area contributed by atoms with Gasteiger partial charge in [-0.05, 0) is 45.3 Å². The van der Waals surface area contributed by atoms with Gasteiger partial charge in [-0.2, -0.15) is 5.48 Å². The van der Waals surface area contributed by atoms with E-state index in [0.29, 0.717) is 6.54 Å². The Morgan fingerprint density at radius 3 is 1.86 bits per heavy atom. The van der Waals surface area contributed by atoms with Gasteiger partial charge in [0, 0.05) is 6.54 Å². The largest absolute Gasteiger partial charge is 0.219 e. The van der Waals surface area contributed by atoms with E-state index in [1.807, 2.05) is 0 Å². The van der Waals surface area contributed by atoms with Gasteiger partial charge in [0.05, 0.1) is 0 Å². The van der Waals surface area contributed by atoms with Crippen molar-refractivity contribution in [3.63, 3.8) is 0 Å². The molecule has 0 heterocycles. The van der Waals surface area contributed by atoms with Crippen molar-refractivity contribution in [2.45, 2.75) is 6.92 Å². The Balaban J connectivity index is 2.78. The molecule has 14 heavy (non-hydrogen) atoms. The Morgan fingerprint density at radius 2 is 1.36 bits per heavy atom. The Labute approximate surface area is 75.8 Å². The zero-order valence-electron chi connectivity index (χ0n) is 6.74. The van der Waals surface area contributed by atoms with Crippen LogP contribution in [0.4, 0.5) is 0 Å². The fraction of sp³-hybridized carbons (Fsp3) is 1.00. The second-order valence-corrected chi connectivity index (χ2v) is 1.20. The molecule has 0 saturated carbocycles. The van der Waals surface area contributed by atoms with Gasteiger partial charge in [0.1, 0.15) is 0 Å². The molecule has 0 aromatic rings. The molecule has 12 nitrogen and oxygen atoms in total. The van der Waals surface area contributed by atoms with Gasteiger partial charge in [-0.15, -0.1) is 4.99 Å². The molecule has 0 radical (unpaired) electrons. The number of nitrogens with one attached hydrogen (secondary N) is 1. The fourth-order valence-electron chi connectivity index (χ4n) is 0.177. The van der Waals surface area contributed by atoms with Crippen molar-refractivity contribution in [3.05, 3.63) is 0 Å². The van der Waals surface area contributed by atoms with Crippen molar-refractivity contribution in [1.82, 2.24) is 5.48 Å². The molecule has 0 aromatic carbocycles. The first-order valence-electron chi connectivity index (χ1n) is 2.95. The molecular formula is C2H7NO11. The summed E-state index contributed by atoms with van der Waals surface area (Å²) in [6.45, 7) is 2.20. The van der Waals surface area contributed by atoms with E-state index in [4.69, 9.17) is 5.26 Å². The average Bonchev–Trinajstić information content (AvgIpc) is 2.21. The van der Waals surface area contributed by atoms with Gasteiger partial charge in [-0.1, -0.05) is 6.92 Å². The molecule has 0 spiro atoms. The third-order valence-corrected chi connectivity index (χ3v) is 0.462. The van der Waals surface area contributed by atoms with Crippen LogP contribution in [0.1, 0.15) is 6.92 Å². The molecule has 0 unspecified atom stereocenters. The lowest BCUT2D eigenvalue weighted by Gasteiger charge is -1.98. The maximum Gasteiger partial charge on any atom is 0.0212 e. The highest BCUT2D eigenvalue weighted by Gasteiger charge is 1.95. The Hall–Kier alpha value is -0.480. The van der Waals surface area contributed by atoms with Crippen LogP contribution < -0.4 is 5.48 Å². The highest BCUT2D eigenvalue weighted by molar-refractivity contribution is 4.06. The molecule has 12 heteroatoms. The molecule has 0 bridgehead atoms. The van der Waals surface area contributed by atoms with E-state index in [1.54, 1.807) is 6.92 Å². The van der Waals surface area contributed by atoms with Crippen molar-refractivity contribution < 1.29 is 55.6 Å². The molecule has 0 aliphatic carbocycles. The van der Waals surface area contributed by atoms with Crippen LogP contribution in [-0.4, -0.2) is 11.8 Å². The van der Waals surface area contributed by atoms with Crippen LogP contribution in [0.5, 0.6) is 0 Å². The number of hydrogen-bond acceptors (Lipinski definition) is 12. The molecule has 0 fully saturated rings. The van der Waals surface area contributed by atoms with Crippen LogP contribution in [0.25, 0.3) is 0 Å². The highest BCUT2D eigenvalue weighted by atomic mass is 17.9. The first kappa shape index (κ1) is 13.5. The monoisotopic (exact) mass is 221 g/mol. The summed E-state index contributed by atoms with van der Waals surface area (Å²) in [5, 5.41) is 38.5. The first-order chi connectivity index (χ1) is 6.91. The number of rotatable bonds is 11. The van der Waals surface area contributed by atoms with Crippen LogP contribution in [-0.2, 0) is 50.3 Å². The van der Waals surface area contributed by atoms with Crippen molar-refractivity contribution >= 4 is 0 Å². The van der Waals surface area contributed by atoms with Gasteiger partial charge >= 0.3 is 0 Å². The van der Waals surface area contributed by atoms with Crippen molar-refractivity contribution in [2.75, 3.05) is 6.54 Å². The lowest BCUT2D eigenvalue weighted by atomic mass is 10.8. The number of hydroxylamine groups is 1. The van der Waals surface area contributed by atoms with Crippen molar-refractivity contribution in [3.8, 4) is 0 Å². The lowest BCUT2D eigenvalue weighted by Crippen LogP contribution is -2.14. The van der Waals surface area contributed by atoms with Crippen LogP contribution in [0.15, 0.2) is 0 Å². The van der Waals surface area contributed by atoms with E-state index in [2.05, 4.69) is 55.8 Å². The summed E-state index contributed by atoms with van der Waals surface area (Å²) in [4.78, 5) is 4.05. The molecule has 0 amide bonds. The van der Waals surface area contributed by atoms with Crippen LogP contribution in [0.2, 0.25) is 0 Å². The summed E-state index contributed by atoms with van der Waals surface area (Å²) in [5.74, 6) is 0. The molecular weight excluding hydrogens is 214 g/mol. The van der Waals surface area contributed by atoms with Crippen LogP contribution >= 0.6 is 0 Å². The van der Waals surface area contributed by atoms with E-state index in [0.717, 1.165) is 0 Å². The minimum atomic E-state index is 0.468. The van der Waals surface area contributed by atoms with Gasteiger partial charge in [-0.25, -0.2) is 5.26 Å². The standard InChI is InChI=1S/C2H7NO11/c1-2-3-5-7-9-11-13-14-12-10-8-6-4/h3-4H,2H2,1H3. The topological polar surface area (TPSA) is 125 Å². The third kappa shape index (κ3) is 11.5. The maximum absolute atomic E-state index is 7.47. The van der Waals surface area contributed by atoms with Crippen molar-refractivity contribution in [1.29, 1.82) is 0 Å². The summed E-state index contributed by atoms with van der Waals surface area (Å²) in [5.41, 5.74) is 2.22. The summed E-state index contributed by atoms with van der Waals surface area (Å²) in [6, 6.07) is 0.